The van der Waals surface area contributed by atoms with Gasteiger partial charge in [0.15, 0.2) is 0 Å². The Kier molecular flexibility index (Phi) is 3.33. The van der Waals surface area contributed by atoms with Crippen LogP contribution in [0.4, 0.5) is 5.82 Å². The van der Waals surface area contributed by atoms with Crippen LogP contribution in [0.1, 0.15) is 18.4 Å². The van der Waals surface area contributed by atoms with Crippen LogP contribution in [0.15, 0.2) is 36.7 Å². The number of nitrogens with one attached hydrogen (secondary N) is 1. The molecule has 0 saturated heterocycles. The Morgan fingerprint density at radius 3 is 2.85 bits per heavy atom. The minimum Gasteiger partial charge on any atom is -0.370 e. The number of imidazole rings is 1. The van der Waals surface area contributed by atoms with Crippen LogP contribution in [-0.2, 0) is 13.5 Å². The largest absolute Gasteiger partial charge is 0.370 e. The fraction of sp³-hybridized carbons (Fsp3) is 0.267. The summed E-state index contributed by atoms with van der Waals surface area (Å²) in [6.07, 6.45) is 2.29. The van der Waals surface area contributed by atoms with Crippen molar-refractivity contribution in [2.75, 3.05) is 11.9 Å². The van der Waals surface area contributed by atoms with Crippen molar-refractivity contribution in [2.45, 2.75) is 13.3 Å². The third-order valence-corrected chi connectivity index (χ3v) is 3.30. The molecule has 0 aliphatic rings. The second kappa shape index (κ2) is 5.28. The van der Waals surface area contributed by atoms with Gasteiger partial charge in [0, 0.05) is 26.1 Å². The van der Waals surface area contributed by atoms with Gasteiger partial charge >= 0.3 is 0 Å². The van der Waals surface area contributed by atoms with Crippen LogP contribution in [0.5, 0.6) is 0 Å². The SMILES string of the molecule is CCNc1cc(Cc2nc3ccccc3n2C)ncn1. The van der Waals surface area contributed by atoms with Gasteiger partial charge in [-0.1, -0.05) is 12.1 Å². The number of fused-ring (bicyclic) bond motifs is 1. The van der Waals surface area contributed by atoms with Gasteiger partial charge in [0.1, 0.15) is 18.0 Å². The summed E-state index contributed by atoms with van der Waals surface area (Å²) < 4.78 is 2.12. The maximum atomic E-state index is 4.67. The molecule has 3 rings (SSSR count). The molecule has 2 aromatic heterocycles. The number of benzene rings is 1. The van der Waals surface area contributed by atoms with Gasteiger partial charge in [-0.25, -0.2) is 15.0 Å². The molecule has 20 heavy (non-hydrogen) atoms. The molecule has 0 amide bonds. The van der Waals surface area contributed by atoms with E-state index in [0.29, 0.717) is 6.42 Å². The molecule has 0 spiro atoms. The maximum absolute atomic E-state index is 4.67. The molecule has 0 radical (unpaired) electrons. The molecule has 0 aliphatic heterocycles. The van der Waals surface area contributed by atoms with Crippen LogP contribution in [0.2, 0.25) is 0 Å². The first-order chi connectivity index (χ1) is 9.78. The summed E-state index contributed by atoms with van der Waals surface area (Å²) in [4.78, 5) is 13.2. The summed E-state index contributed by atoms with van der Waals surface area (Å²) in [5, 5.41) is 3.20. The van der Waals surface area contributed by atoms with E-state index in [1.165, 1.54) is 0 Å². The molecule has 1 aromatic carbocycles. The Bertz CT molecular complexity index is 732. The molecule has 0 fully saturated rings. The highest BCUT2D eigenvalue weighted by atomic mass is 15.1. The lowest BCUT2D eigenvalue weighted by Gasteiger charge is -2.05. The number of aromatic nitrogens is 4. The minimum absolute atomic E-state index is 0.700. The summed E-state index contributed by atoms with van der Waals surface area (Å²) in [7, 11) is 2.04. The van der Waals surface area contributed by atoms with Crippen LogP contribution in [0.3, 0.4) is 0 Å². The second-order valence-electron chi connectivity index (χ2n) is 4.68. The van der Waals surface area contributed by atoms with E-state index in [4.69, 9.17) is 0 Å². The lowest BCUT2D eigenvalue weighted by Crippen LogP contribution is -2.04. The van der Waals surface area contributed by atoms with E-state index < -0.39 is 0 Å². The van der Waals surface area contributed by atoms with Gasteiger partial charge in [-0.05, 0) is 19.1 Å². The molecule has 0 atom stereocenters. The molecule has 0 bridgehead atoms. The van der Waals surface area contributed by atoms with Gasteiger partial charge in [0.25, 0.3) is 0 Å². The van der Waals surface area contributed by atoms with Crippen molar-refractivity contribution in [3.05, 3.63) is 48.2 Å². The van der Waals surface area contributed by atoms with E-state index in [-0.39, 0.29) is 0 Å². The van der Waals surface area contributed by atoms with E-state index in [1.807, 2.05) is 38.2 Å². The molecule has 102 valence electrons. The first-order valence-electron chi connectivity index (χ1n) is 6.73. The smallest absolute Gasteiger partial charge is 0.129 e. The summed E-state index contributed by atoms with van der Waals surface area (Å²) in [6, 6.07) is 10.1. The number of hydrogen-bond acceptors (Lipinski definition) is 4. The van der Waals surface area contributed by atoms with Crippen LogP contribution in [0.25, 0.3) is 11.0 Å². The monoisotopic (exact) mass is 267 g/mol. The Hall–Kier alpha value is -2.43. The van der Waals surface area contributed by atoms with Gasteiger partial charge in [-0.3, -0.25) is 0 Å². The lowest BCUT2D eigenvalue weighted by molar-refractivity contribution is 0.829. The summed E-state index contributed by atoms with van der Waals surface area (Å²) in [5.41, 5.74) is 3.13. The van der Waals surface area contributed by atoms with Crippen molar-refractivity contribution >= 4 is 16.9 Å². The van der Waals surface area contributed by atoms with Crippen molar-refractivity contribution in [2.24, 2.45) is 7.05 Å². The fourth-order valence-corrected chi connectivity index (χ4v) is 2.29. The van der Waals surface area contributed by atoms with Crippen LogP contribution >= 0.6 is 0 Å². The highest BCUT2D eigenvalue weighted by molar-refractivity contribution is 5.75. The maximum Gasteiger partial charge on any atom is 0.129 e. The Morgan fingerprint density at radius 2 is 2.05 bits per heavy atom. The predicted octanol–water partition coefficient (Wildman–Crippen LogP) is 2.39. The number of nitrogens with zero attached hydrogens (tertiary/aromatic N) is 4. The van der Waals surface area contributed by atoms with Crippen LogP contribution < -0.4 is 5.32 Å². The molecule has 5 heteroatoms. The number of anilines is 1. The van der Waals surface area contributed by atoms with Gasteiger partial charge < -0.3 is 9.88 Å². The number of hydrogen-bond donors (Lipinski definition) is 1. The molecule has 2 heterocycles. The predicted molar refractivity (Wildman–Crippen MR) is 79.7 cm³/mol. The van der Waals surface area contributed by atoms with E-state index in [0.717, 1.165) is 34.9 Å². The Labute approximate surface area is 117 Å². The molecule has 0 unspecified atom stereocenters. The topological polar surface area (TPSA) is 55.6 Å². The van der Waals surface area contributed by atoms with Crippen molar-refractivity contribution < 1.29 is 0 Å². The fourth-order valence-electron chi connectivity index (χ4n) is 2.29. The quantitative estimate of drug-likeness (QED) is 0.788. The van der Waals surface area contributed by atoms with Crippen molar-refractivity contribution in [1.82, 2.24) is 19.5 Å². The number of rotatable bonds is 4. The number of aryl methyl sites for hydroxylation is 1. The standard InChI is InChI=1S/C15H17N5/c1-3-16-14-8-11(17-10-18-14)9-15-19-12-6-4-5-7-13(12)20(15)2/h4-8,10H,3,9H2,1-2H3,(H,16,17,18). The zero-order valence-electron chi connectivity index (χ0n) is 11.7. The minimum atomic E-state index is 0.700. The van der Waals surface area contributed by atoms with Gasteiger partial charge in [-0.2, -0.15) is 0 Å². The van der Waals surface area contributed by atoms with Crippen molar-refractivity contribution in [3.8, 4) is 0 Å². The molecular weight excluding hydrogens is 250 g/mol. The Balaban J connectivity index is 1.93. The van der Waals surface area contributed by atoms with E-state index in [2.05, 4.69) is 30.9 Å². The highest BCUT2D eigenvalue weighted by Gasteiger charge is 2.09. The van der Waals surface area contributed by atoms with E-state index in [1.54, 1.807) is 6.33 Å². The van der Waals surface area contributed by atoms with Gasteiger partial charge in [0.05, 0.1) is 16.7 Å². The van der Waals surface area contributed by atoms with Gasteiger partial charge in [-0.15, -0.1) is 0 Å². The average molecular weight is 267 g/mol. The zero-order valence-corrected chi connectivity index (χ0v) is 11.7. The van der Waals surface area contributed by atoms with Gasteiger partial charge in [0.2, 0.25) is 0 Å². The lowest BCUT2D eigenvalue weighted by atomic mass is 10.3. The first kappa shape index (κ1) is 12.6. The molecule has 3 aromatic rings. The molecular formula is C15H17N5. The summed E-state index contributed by atoms with van der Waals surface area (Å²) in [6.45, 7) is 2.90. The Morgan fingerprint density at radius 1 is 1.20 bits per heavy atom. The first-order valence-corrected chi connectivity index (χ1v) is 6.73. The molecule has 0 aliphatic carbocycles. The number of para-hydroxylation sites is 2. The zero-order chi connectivity index (χ0) is 13.9. The molecule has 0 saturated carbocycles. The normalized spacial score (nSPS) is 10.9. The van der Waals surface area contributed by atoms with Crippen LogP contribution in [0, 0.1) is 0 Å². The summed E-state index contributed by atoms with van der Waals surface area (Å²) in [5.74, 6) is 1.86. The molecule has 1 N–H and O–H groups in total. The van der Waals surface area contributed by atoms with Crippen molar-refractivity contribution in [3.63, 3.8) is 0 Å². The third kappa shape index (κ3) is 2.34. The summed E-state index contributed by atoms with van der Waals surface area (Å²) >= 11 is 0. The highest BCUT2D eigenvalue weighted by Crippen LogP contribution is 2.16. The van der Waals surface area contributed by atoms with Crippen LogP contribution in [-0.4, -0.2) is 26.1 Å². The second-order valence-corrected chi connectivity index (χ2v) is 4.68. The average Bonchev–Trinajstić information content (AvgIpc) is 2.77. The van der Waals surface area contributed by atoms with E-state index in [9.17, 15) is 0 Å². The third-order valence-electron chi connectivity index (χ3n) is 3.30. The van der Waals surface area contributed by atoms with Crippen molar-refractivity contribution in [1.29, 1.82) is 0 Å². The van der Waals surface area contributed by atoms with E-state index >= 15 is 0 Å². The molecule has 5 nitrogen and oxygen atoms in total.